The van der Waals surface area contributed by atoms with Crippen LogP contribution in [-0.2, 0) is 19.4 Å². The van der Waals surface area contributed by atoms with E-state index in [0.29, 0.717) is 6.42 Å². The number of ether oxygens (including phenoxy) is 1. The summed E-state index contributed by atoms with van der Waals surface area (Å²) in [6, 6.07) is 1.80. The maximum Gasteiger partial charge on any atom is 0.323 e. The van der Waals surface area contributed by atoms with Crippen LogP contribution in [0.3, 0.4) is 0 Å². The predicted molar refractivity (Wildman–Crippen MR) is 54.7 cm³/mol. The number of hydrogen-bond donors (Lipinski definition) is 0. The molecule has 0 spiro atoms. The predicted octanol–water partition coefficient (Wildman–Crippen LogP) is 0.514. The first-order valence-electron chi connectivity index (χ1n) is 4.64. The average molecular weight is 233 g/mol. The number of sulfone groups is 1. The van der Waals surface area contributed by atoms with Gasteiger partial charge >= 0.3 is 5.97 Å². The zero-order valence-electron chi connectivity index (χ0n) is 8.89. The van der Waals surface area contributed by atoms with Gasteiger partial charge in [0, 0.05) is 12.0 Å². The van der Waals surface area contributed by atoms with Crippen LogP contribution >= 0.6 is 0 Å². The smallest absolute Gasteiger partial charge is 0.323 e. The van der Waals surface area contributed by atoms with Gasteiger partial charge < -0.3 is 4.74 Å². The molecule has 0 radical (unpaired) electrons. The van der Waals surface area contributed by atoms with Crippen LogP contribution in [0.2, 0.25) is 0 Å². The van der Waals surface area contributed by atoms with Crippen LogP contribution in [0.15, 0.2) is 0 Å². The molecule has 15 heavy (non-hydrogen) atoms. The van der Waals surface area contributed by atoms with Crippen molar-refractivity contribution in [3.05, 3.63) is 0 Å². The normalized spacial score (nSPS) is 12.9. The molecule has 86 valence electrons. The third-order valence-electron chi connectivity index (χ3n) is 1.73. The average Bonchev–Trinajstić information content (AvgIpc) is 2.11. The molecule has 1 atom stereocenters. The van der Waals surface area contributed by atoms with E-state index < -0.39 is 21.7 Å². The molecule has 0 aromatic rings. The molecule has 0 heterocycles. The van der Waals surface area contributed by atoms with Gasteiger partial charge in [0.1, 0.15) is 15.8 Å². The van der Waals surface area contributed by atoms with Crippen molar-refractivity contribution in [3.63, 3.8) is 0 Å². The fourth-order valence-electron chi connectivity index (χ4n) is 1.03. The van der Waals surface area contributed by atoms with E-state index in [1.165, 1.54) is 0 Å². The van der Waals surface area contributed by atoms with Gasteiger partial charge in [-0.3, -0.25) is 4.79 Å². The Kier molecular flexibility index (Phi) is 5.94. The topological polar surface area (TPSA) is 84.2 Å². The number of rotatable bonds is 6. The molecule has 0 N–H and O–H groups in total. The third kappa shape index (κ3) is 6.91. The highest BCUT2D eigenvalue weighted by Gasteiger charge is 2.19. The van der Waals surface area contributed by atoms with Gasteiger partial charge in [-0.05, 0) is 19.8 Å². The largest absolute Gasteiger partial charge is 0.465 e. The van der Waals surface area contributed by atoms with Crippen molar-refractivity contribution in [1.29, 1.82) is 5.26 Å². The van der Waals surface area contributed by atoms with Crippen LogP contribution in [0.1, 0.15) is 19.8 Å². The molecule has 0 aliphatic rings. The lowest BCUT2D eigenvalue weighted by Gasteiger charge is -2.07. The molecule has 6 heteroatoms. The maximum absolute atomic E-state index is 11.1. The summed E-state index contributed by atoms with van der Waals surface area (Å²) in [4.78, 5) is 11.1. The molecule has 0 aromatic heterocycles. The van der Waals surface area contributed by atoms with E-state index >= 15 is 0 Å². The van der Waals surface area contributed by atoms with E-state index in [4.69, 9.17) is 5.26 Å². The molecule has 0 saturated carbocycles. The lowest BCUT2D eigenvalue weighted by atomic mass is 10.1. The zero-order valence-corrected chi connectivity index (χ0v) is 9.71. The fourth-order valence-corrected chi connectivity index (χ4v) is 1.72. The van der Waals surface area contributed by atoms with Gasteiger partial charge in [-0.2, -0.15) is 5.26 Å². The molecule has 0 bridgehead atoms. The van der Waals surface area contributed by atoms with Crippen LogP contribution < -0.4 is 0 Å². The van der Waals surface area contributed by atoms with Crippen LogP contribution in [-0.4, -0.2) is 33.0 Å². The Bertz CT molecular complexity index is 342. The SMILES string of the molecule is CCOC(=O)C(C#N)CCCS(C)(=O)=O. The minimum absolute atomic E-state index is 0.00934. The quantitative estimate of drug-likeness (QED) is 0.624. The third-order valence-corrected chi connectivity index (χ3v) is 2.77. The van der Waals surface area contributed by atoms with Crippen molar-refractivity contribution in [2.75, 3.05) is 18.6 Å². The molecule has 0 aromatic carbocycles. The molecular formula is C9H15NO4S. The summed E-state index contributed by atoms with van der Waals surface area (Å²) < 4.78 is 26.3. The summed E-state index contributed by atoms with van der Waals surface area (Å²) >= 11 is 0. The van der Waals surface area contributed by atoms with Gasteiger partial charge in [0.05, 0.1) is 12.7 Å². The van der Waals surface area contributed by atoms with E-state index in [1.807, 2.05) is 0 Å². The van der Waals surface area contributed by atoms with E-state index in [-0.39, 0.29) is 18.8 Å². The molecule has 0 aliphatic heterocycles. The summed E-state index contributed by atoms with van der Waals surface area (Å²) in [6.45, 7) is 1.88. The molecular weight excluding hydrogens is 218 g/mol. The second kappa shape index (κ2) is 6.40. The molecule has 0 fully saturated rings. The maximum atomic E-state index is 11.1. The highest BCUT2D eigenvalue weighted by molar-refractivity contribution is 7.90. The Hall–Kier alpha value is -1.09. The summed E-state index contributed by atoms with van der Waals surface area (Å²) in [5, 5.41) is 8.65. The van der Waals surface area contributed by atoms with Gasteiger partial charge in [-0.15, -0.1) is 0 Å². The summed E-state index contributed by atoms with van der Waals surface area (Å²) in [5.41, 5.74) is 0. The first-order chi connectivity index (χ1) is 6.90. The van der Waals surface area contributed by atoms with Crippen molar-refractivity contribution in [2.24, 2.45) is 5.92 Å². The van der Waals surface area contributed by atoms with Gasteiger partial charge in [-0.1, -0.05) is 0 Å². The van der Waals surface area contributed by atoms with Crippen molar-refractivity contribution in [1.82, 2.24) is 0 Å². The van der Waals surface area contributed by atoms with Crippen molar-refractivity contribution in [3.8, 4) is 6.07 Å². The number of hydrogen-bond acceptors (Lipinski definition) is 5. The van der Waals surface area contributed by atoms with Crippen molar-refractivity contribution in [2.45, 2.75) is 19.8 Å². The van der Waals surface area contributed by atoms with Crippen LogP contribution in [0.25, 0.3) is 0 Å². The molecule has 0 rings (SSSR count). The van der Waals surface area contributed by atoms with Gasteiger partial charge in [0.2, 0.25) is 0 Å². The highest BCUT2D eigenvalue weighted by atomic mass is 32.2. The monoisotopic (exact) mass is 233 g/mol. The zero-order chi connectivity index (χ0) is 11.9. The Morgan fingerprint density at radius 2 is 2.13 bits per heavy atom. The van der Waals surface area contributed by atoms with Gasteiger partial charge in [-0.25, -0.2) is 8.42 Å². The number of carbonyl (C=O) groups excluding carboxylic acids is 1. The lowest BCUT2D eigenvalue weighted by Crippen LogP contribution is -2.17. The van der Waals surface area contributed by atoms with Crippen molar-refractivity contribution >= 4 is 15.8 Å². The standard InChI is InChI=1S/C9H15NO4S/c1-3-14-9(11)8(7-10)5-4-6-15(2,12)13/h8H,3-6H2,1-2H3. The minimum atomic E-state index is -3.03. The van der Waals surface area contributed by atoms with E-state index in [1.54, 1.807) is 13.0 Å². The highest BCUT2D eigenvalue weighted by Crippen LogP contribution is 2.08. The summed E-state index contributed by atoms with van der Waals surface area (Å²) in [6.07, 6.45) is 1.65. The second-order valence-corrected chi connectivity index (χ2v) is 5.47. The second-order valence-electron chi connectivity index (χ2n) is 3.21. The number of esters is 1. The minimum Gasteiger partial charge on any atom is -0.465 e. The molecule has 1 unspecified atom stereocenters. The van der Waals surface area contributed by atoms with E-state index in [0.717, 1.165) is 6.26 Å². The Balaban J connectivity index is 4.03. The van der Waals surface area contributed by atoms with E-state index in [9.17, 15) is 13.2 Å². The number of carbonyl (C=O) groups is 1. The number of nitriles is 1. The Morgan fingerprint density at radius 1 is 1.53 bits per heavy atom. The first kappa shape index (κ1) is 13.9. The molecule has 0 amide bonds. The first-order valence-corrected chi connectivity index (χ1v) is 6.70. The van der Waals surface area contributed by atoms with Crippen LogP contribution in [0.4, 0.5) is 0 Å². The number of nitrogens with zero attached hydrogens (tertiary/aromatic N) is 1. The molecule has 0 aliphatic carbocycles. The lowest BCUT2D eigenvalue weighted by molar-refractivity contribution is -0.146. The molecule has 0 saturated heterocycles. The fraction of sp³-hybridized carbons (Fsp3) is 0.778. The summed E-state index contributed by atoms with van der Waals surface area (Å²) in [5.74, 6) is -1.44. The Labute approximate surface area is 90.0 Å². The summed E-state index contributed by atoms with van der Waals surface area (Å²) in [7, 11) is -3.03. The van der Waals surface area contributed by atoms with Crippen molar-refractivity contribution < 1.29 is 17.9 Å². The van der Waals surface area contributed by atoms with Crippen LogP contribution in [0, 0.1) is 17.2 Å². The van der Waals surface area contributed by atoms with Gasteiger partial charge in [0.25, 0.3) is 0 Å². The molecule has 5 nitrogen and oxygen atoms in total. The van der Waals surface area contributed by atoms with Crippen LogP contribution in [0.5, 0.6) is 0 Å². The van der Waals surface area contributed by atoms with E-state index in [2.05, 4.69) is 4.74 Å². The van der Waals surface area contributed by atoms with Gasteiger partial charge in [0.15, 0.2) is 0 Å². The Morgan fingerprint density at radius 3 is 2.53 bits per heavy atom.